The Kier molecular flexibility index (Phi) is 5.74. The molecule has 2 nitrogen and oxygen atoms in total. The summed E-state index contributed by atoms with van der Waals surface area (Å²) < 4.78 is 0. The second kappa shape index (κ2) is 7.88. The highest BCUT2D eigenvalue weighted by Gasteiger charge is 2.28. The lowest BCUT2D eigenvalue weighted by molar-refractivity contribution is 0.242. The van der Waals surface area contributed by atoms with Crippen LogP contribution < -0.4 is 0 Å². The molecule has 1 aliphatic carbocycles. The van der Waals surface area contributed by atoms with Crippen molar-refractivity contribution in [1.82, 2.24) is 0 Å². The van der Waals surface area contributed by atoms with Crippen LogP contribution >= 0.6 is 0 Å². The molecule has 0 saturated heterocycles. The summed E-state index contributed by atoms with van der Waals surface area (Å²) in [5.41, 5.74) is 3.87. The molecule has 0 aliphatic heterocycles. The number of rotatable bonds is 4. The summed E-state index contributed by atoms with van der Waals surface area (Å²) in [6.45, 7) is 11.1. The first-order valence-corrected chi connectivity index (χ1v) is 10.2. The van der Waals surface area contributed by atoms with E-state index in [4.69, 9.17) is 4.99 Å². The summed E-state index contributed by atoms with van der Waals surface area (Å²) in [6, 6.07) is 14.9. The second-order valence-corrected chi connectivity index (χ2v) is 8.85. The number of aliphatic imine (C=N–C) groups is 1. The summed E-state index contributed by atoms with van der Waals surface area (Å²) in [7, 11) is 0. The Morgan fingerprint density at radius 3 is 2.48 bits per heavy atom. The third-order valence-electron chi connectivity index (χ3n) is 6.52. The molecular weight excluding hydrogens is 330 g/mol. The van der Waals surface area contributed by atoms with Gasteiger partial charge in [-0.2, -0.15) is 0 Å². The van der Waals surface area contributed by atoms with Gasteiger partial charge in [-0.1, -0.05) is 76.9 Å². The molecule has 2 aromatic rings. The molecule has 3 rings (SSSR count). The van der Waals surface area contributed by atoms with E-state index in [9.17, 15) is 5.11 Å². The number of phenolic OH excluding ortho intramolecular Hbond substituents is 1. The maximum absolute atomic E-state index is 11.1. The van der Waals surface area contributed by atoms with Crippen LogP contribution in [0.5, 0.6) is 5.75 Å². The maximum atomic E-state index is 11.1. The lowest BCUT2D eigenvalue weighted by Gasteiger charge is -2.31. The smallest absolute Gasteiger partial charge is 0.128 e. The van der Waals surface area contributed by atoms with E-state index in [-0.39, 0.29) is 5.41 Å². The summed E-state index contributed by atoms with van der Waals surface area (Å²) in [6.07, 6.45) is 5.61. The van der Waals surface area contributed by atoms with Crippen molar-refractivity contribution in [1.29, 1.82) is 0 Å². The SMILES string of the molecule is Cc1cc(C=NC2CCCC(C)C2C)c(O)c(C(C)(C)c2ccccc2)c1. The topological polar surface area (TPSA) is 32.6 Å². The van der Waals surface area contributed by atoms with Crippen LogP contribution in [-0.4, -0.2) is 17.4 Å². The average Bonchev–Trinajstić information content (AvgIpc) is 2.65. The van der Waals surface area contributed by atoms with E-state index < -0.39 is 0 Å². The van der Waals surface area contributed by atoms with Gasteiger partial charge in [0.25, 0.3) is 0 Å². The van der Waals surface area contributed by atoms with Crippen LogP contribution in [-0.2, 0) is 5.41 Å². The van der Waals surface area contributed by atoms with E-state index in [1.807, 2.05) is 18.3 Å². The number of hydrogen-bond acceptors (Lipinski definition) is 2. The molecule has 1 N–H and O–H groups in total. The van der Waals surface area contributed by atoms with Gasteiger partial charge in [-0.3, -0.25) is 4.99 Å². The van der Waals surface area contributed by atoms with Gasteiger partial charge in [0, 0.05) is 22.8 Å². The van der Waals surface area contributed by atoms with E-state index in [1.54, 1.807) is 0 Å². The van der Waals surface area contributed by atoms with E-state index in [0.29, 0.717) is 17.7 Å². The number of hydrogen-bond donors (Lipinski definition) is 1. The lowest BCUT2D eigenvalue weighted by Crippen LogP contribution is -2.27. The monoisotopic (exact) mass is 363 g/mol. The van der Waals surface area contributed by atoms with E-state index in [0.717, 1.165) is 29.0 Å². The standard InChI is InChI=1S/C25H33NO/c1-17-14-20(16-26-23-13-9-10-18(2)19(23)3)24(27)22(15-17)25(4,5)21-11-7-6-8-12-21/h6-8,11-12,14-16,18-19,23,27H,9-10,13H2,1-5H3. The first-order chi connectivity index (χ1) is 12.8. The van der Waals surface area contributed by atoms with Crippen molar-refractivity contribution in [3.8, 4) is 5.75 Å². The van der Waals surface area contributed by atoms with Gasteiger partial charge in [0.15, 0.2) is 0 Å². The zero-order chi connectivity index (χ0) is 19.6. The van der Waals surface area contributed by atoms with Gasteiger partial charge in [0.05, 0.1) is 6.04 Å². The fraction of sp³-hybridized carbons (Fsp3) is 0.480. The van der Waals surface area contributed by atoms with E-state index >= 15 is 0 Å². The van der Waals surface area contributed by atoms with Crippen LogP contribution in [0.2, 0.25) is 0 Å². The van der Waals surface area contributed by atoms with Crippen molar-refractivity contribution in [3.63, 3.8) is 0 Å². The van der Waals surface area contributed by atoms with Crippen molar-refractivity contribution in [2.45, 2.75) is 65.3 Å². The first kappa shape index (κ1) is 19.7. The predicted molar refractivity (Wildman–Crippen MR) is 115 cm³/mol. The van der Waals surface area contributed by atoms with Gasteiger partial charge < -0.3 is 5.11 Å². The lowest BCUT2D eigenvalue weighted by atomic mass is 9.76. The van der Waals surface area contributed by atoms with Crippen LogP contribution in [0.4, 0.5) is 0 Å². The Balaban J connectivity index is 1.95. The Bertz CT molecular complexity index is 807. The molecule has 3 unspecified atom stereocenters. The zero-order valence-corrected chi connectivity index (χ0v) is 17.4. The van der Waals surface area contributed by atoms with Crippen molar-refractivity contribution < 1.29 is 5.11 Å². The van der Waals surface area contributed by atoms with Gasteiger partial charge in [-0.05, 0) is 42.4 Å². The minimum atomic E-state index is -0.271. The quantitative estimate of drug-likeness (QED) is 0.638. The van der Waals surface area contributed by atoms with Crippen LogP contribution in [0.25, 0.3) is 0 Å². The molecule has 0 aromatic heterocycles. The third-order valence-corrected chi connectivity index (χ3v) is 6.52. The third kappa shape index (κ3) is 4.10. The van der Waals surface area contributed by atoms with Crippen molar-refractivity contribution in [2.24, 2.45) is 16.8 Å². The molecule has 0 spiro atoms. The molecule has 0 radical (unpaired) electrons. The highest BCUT2D eigenvalue weighted by atomic mass is 16.3. The fourth-order valence-electron chi connectivity index (χ4n) is 4.33. The Labute approximate surface area is 164 Å². The summed E-state index contributed by atoms with van der Waals surface area (Å²) in [4.78, 5) is 4.90. The van der Waals surface area contributed by atoms with Crippen LogP contribution in [0.15, 0.2) is 47.5 Å². The highest BCUT2D eigenvalue weighted by molar-refractivity contribution is 5.85. The molecule has 0 amide bonds. The van der Waals surface area contributed by atoms with Gasteiger partial charge in [-0.25, -0.2) is 0 Å². The number of nitrogens with zero attached hydrogens (tertiary/aromatic N) is 1. The molecule has 1 fully saturated rings. The Hall–Kier alpha value is -2.09. The van der Waals surface area contributed by atoms with Gasteiger partial charge in [0.1, 0.15) is 5.75 Å². The van der Waals surface area contributed by atoms with Crippen molar-refractivity contribution in [3.05, 3.63) is 64.7 Å². The molecular formula is C25H33NO. The van der Waals surface area contributed by atoms with Gasteiger partial charge >= 0.3 is 0 Å². The predicted octanol–water partition coefficient (Wildman–Crippen LogP) is 6.27. The summed E-state index contributed by atoms with van der Waals surface area (Å²) in [5, 5.41) is 11.1. The molecule has 0 bridgehead atoms. The fourth-order valence-corrected chi connectivity index (χ4v) is 4.33. The maximum Gasteiger partial charge on any atom is 0.128 e. The molecule has 1 saturated carbocycles. The average molecular weight is 364 g/mol. The van der Waals surface area contributed by atoms with Crippen LogP contribution in [0.3, 0.4) is 0 Å². The number of aromatic hydroxyl groups is 1. The summed E-state index contributed by atoms with van der Waals surface area (Å²) >= 11 is 0. The van der Waals surface area contributed by atoms with E-state index in [2.05, 4.69) is 65.0 Å². The molecule has 27 heavy (non-hydrogen) atoms. The molecule has 3 atom stereocenters. The largest absolute Gasteiger partial charge is 0.507 e. The molecule has 1 aliphatic rings. The molecule has 2 aromatic carbocycles. The molecule has 0 heterocycles. The Morgan fingerprint density at radius 2 is 1.78 bits per heavy atom. The molecule has 144 valence electrons. The highest BCUT2D eigenvalue weighted by Crippen LogP contribution is 2.39. The number of aryl methyl sites for hydroxylation is 1. The van der Waals surface area contributed by atoms with E-state index in [1.165, 1.54) is 18.4 Å². The second-order valence-electron chi connectivity index (χ2n) is 8.85. The van der Waals surface area contributed by atoms with Crippen molar-refractivity contribution in [2.75, 3.05) is 0 Å². The Morgan fingerprint density at radius 1 is 1.07 bits per heavy atom. The first-order valence-electron chi connectivity index (χ1n) is 10.2. The number of benzene rings is 2. The number of phenols is 1. The van der Waals surface area contributed by atoms with Crippen molar-refractivity contribution >= 4 is 6.21 Å². The van der Waals surface area contributed by atoms with Gasteiger partial charge in [-0.15, -0.1) is 0 Å². The minimum Gasteiger partial charge on any atom is -0.507 e. The van der Waals surface area contributed by atoms with Crippen LogP contribution in [0, 0.1) is 18.8 Å². The molecule has 2 heteroatoms. The summed E-state index contributed by atoms with van der Waals surface area (Å²) in [5.74, 6) is 1.68. The zero-order valence-electron chi connectivity index (χ0n) is 17.4. The normalized spacial score (nSPS) is 23.7. The minimum absolute atomic E-state index is 0.271. The van der Waals surface area contributed by atoms with Crippen LogP contribution in [0.1, 0.15) is 69.2 Å². The van der Waals surface area contributed by atoms with Gasteiger partial charge in [0.2, 0.25) is 0 Å².